The van der Waals surface area contributed by atoms with Gasteiger partial charge in [-0.15, -0.1) is 0 Å². The van der Waals surface area contributed by atoms with E-state index in [0.29, 0.717) is 98.6 Å². The lowest BCUT2D eigenvalue weighted by Crippen LogP contribution is -2.46. The Labute approximate surface area is 311 Å². The molecule has 2 aromatic carbocycles. The van der Waals surface area contributed by atoms with Gasteiger partial charge in [-0.1, -0.05) is 19.9 Å². The molecule has 2 saturated heterocycles. The fraction of sp³-hybridized carbons (Fsp3) is 0.462. The first-order chi connectivity index (χ1) is 26.3. The Morgan fingerprint density at radius 3 is 2.67 bits per heavy atom. The Bertz CT molecular complexity index is 2190. The number of piperazine rings is 1. The molecule has 3 aliphatic heterocycles. The van der Waals surface area contributed by atoms with Crippen LogP contribution in [0.5, 0.6) is 11.8 Å². The lowest BCUT2D eigenvalue weighted by molar-refractivity contribution is 0.0280. The Hall–Kier alpha value is -4.99. The number of pyridine rings is 1. The lowest BCUT2D eigenvalue weighted by atomic mass is 9.94. The van der Waals surface area contributed by atoms with Gasteiger partial charge in [-0.25, -0.2) is 8.78 Å². The van der Waals surface area contributed by atoms with Crippen molar-refractivity contribution in [2.75, 3.05) is 77.1 Å². The van der Waals surface area contributed by atoms with Gasteiger partial charge >= 0.3 is 6.01 Å². The number of ether oxygens (including phenoxy) is 2. The van der Waals surface area contributed by atoms with E-state index in [-0.39, 0.29) is 40.4 Å². The average molecular weight is 742 g/mol. The van der Waals surface area contributed by atoms with Gasteiger partial charge in [0.15, 0.2) is 11.5 Å². The highest BCUT2D eigenvalue weighted by Gasteiger charge is 2.28. The molecular weight excluding hydrogens is 696 g/mol. The average Bonchev–Trinajstić information content (AvgIpc) is 3.48. The maximum atomic E-state index is 17.1. The number of aromatic nitrogens is 5. The van der Waals surface area contributed by atoms with Gasteiger partial charge in [-0.2, -0.15) is 15.1 Å². The molecule has 284 valence electrons. The second-order valence-corrected chi connectivity index (χ2v) is 14.4. The Morgan fingerprint density at radius 1 is 1.06 bits per heavy atom. The maximum absolute atomic E-state index is 17.1. The number of rotatable bonds is 9. The summed E-state index contributed by atoms with van der Waals surface area (Å²) in [5, 5.41) is 20.1. The third kappa shape index (κ3) is 7.15. The molecule has 0 radical (unpaired) electrons. The molecule has 0 aliphatic carbocycles. The van der Waals surface area contributed by atoms with Crippen LogP contribution < -0.4 is 15.0 Å². The number of aromatic hydroxyl groups is 1. The van der Waals surface area contributed by atoms with E-state index in [4.69, 9.17) is 19.6 Å². The van der Waals surface area contributed by atoms with Crippen LogP contribution in [0, 0.1) is 17.6 Å². The van der Waals surface area contributed by atoms with E-state index in [9.17, 15) is 9.90 Å². The first kappa shape index (κ1) is 36.0. The van der Waals surface area contributed by atoms with Crippen LogP contribution in [0.1, 0.15) is 42.0 Å². The van der Waals surface area contributed by atoms with Gasteiger partial charge in [0.1, 0.15) is 28.6 Å². The quantitative estimate of drug-likeness (QED) is 0.223. The number of anilines is 1. The molecule has 6 heterocycles. The molecule has 5 aromatic rings. The highest BCUT2D eigenvalue weighted by atomic mass is 19.1. The minimum atomic E-state index is -0.732. The second kappa shape index (κ2) is 15.4. The van der Waals surface area contributed by atoms with Gasteiger partial charge in [0, 0.05) is 76.6 Å². The number of amides is 1. The topological polar surface area (TPSA) is 134 Å². The zero-order chi connectivity index (χ0) is 37.3. The normalized spacial score (nSPS) is 17.5. The van der Waals surface area contributed by atoms with E-state index >= 15 is 8.78 Å². The molecule has 3 aliphatic rings. The van der Waals surface area contributed by atoms with Gasteiger partial charge in [0.2, 0.25) is 0 Å². The summed E-state index contributed by atoms with van der Waals surface area (Å²) in [5.74, 6) is -0.761. The first-order valence-corrected chi connectivity index (χ1v) is 18.8. The molecule has 1 amide bonds. The number of morpholine rings is 1. The van der Waals surface area contributed by atoms with Crippen molar-refractivity contribution in [3.63, 3.8) is 0 Å². The second-order valence-electron chi connectivity index (χ2n) is 14.4. The van der Waals surface area contributed by atoms with Crippen LogP contribution in [0.25, 0.3) is 32.9 Å². The van der Waals surface area contributed by atoms with Crippen molar-refractivity contribution in [1.29, 1.82) is 0 Å². The number of phenolic OH excluding ortho intramolecular Hbond substituents is 1. The Kier molecular flexibility index (Phi) is 10.3. The van der Waals surface area contributed by atoms with Crippen molar-refractivity contribution in [3.05, 3.63) is 65.1 Å². The van der Waals surface area contributed by atoms with Crippen molar-refractivity contribution < 1.29 is 28.2 Å². The smallest absolute Gasteiger partial charge is 0.319 e. The molecule has 13 nitrogen and oxygen atoms in total. The number of nitrogens with one attached hydrogen (secondary N) is 1. The van der Waals surface area contributed by atoms with Crippen LogP contribution in [0.3, 0.4) is 0 Å². The number of halogens is 2. The molecule has 8 rings (SSSR count). The summed E-state index contributed by atoms with van der Waals surface area (Å²) in [4.78, 5) is 33.6. The van der Waals surface area contributed by atoms with E-state index in [1.807, 2.05) is 27.5 Å². The largest absolute Gasteiger partial charge is 0.508 e. The van der Waals surface area contributed by atoms with Gasteiger partial charge in [0.05, 0.1) is 37.4 Å². The van der Waals surface area contributed by atoms with Gasteiger partial charge in [-0.05, 0) is 53.4 Å². The van der Waals surface area contributed by atoms with Crippen LogP contribution >= 0.6 is 0 Å². The molecular formula is C39H45F2N9O4. The summed E-state index contributed by atoms with van der Waals surface area (Å²) in [6.07, 6.45) is 2.59. The number of nitrogens with zero attached hydrogens (tertiary/aromatic N) is 8. The van der Waals surface area contributed by atoms with Gasteiger partial charge in [0.25, 0.3) is 5.91 Å². The molecule has 0 unspecified atom stereocenters. The van der Waals surface area contributed by atoms with E-state index in [1.165, 1.54) is 24.4 Å². The van der Waals surface area contributed by atoms with Crippen molar-refractivity contribution in [3.8, 4) is 23.0 Å². The molecule has 0 spiro atoms. The van der Waals surface area contributed by atoms with Crippen LogP contribution in [0.2, 0.25) is 0 Å². The van der Waals surface area contributed by atoms with Crippen LogP contribution in [-0.4, -0.2) is 118 Å². The summed E-state index contributed by atoms with van der Waals surface area (Å²) in [5.41, 5.74) is 1.84. The first-order valence-electron chi connectivity index (χ1n) is 18.8. The summed E-state index contributed by atoms with van der Waals surface area (Å²) in [7, 11) is 0. The van der Waals surface area contributed by atoms with Crippen molar-refractivity contribution in [1.82, 2.24) is 39.8 Å². The number of carbonyl (C=O) groups is 1. The number of hydrogen-bond acceptors (Lipinski definition) is 11. The molecule has 2 fully saturated rings. The van der Waals surface area contributed by atoms with Crippen molar-refractivity contribution in [2.45, 2.75) is 39.8 Å². The molecule has 54 heavy (non-hydrogen) atoms. The van der Waals surface area contributed by atoms with Crippen molar-refractivity contribution >= 4 is 33.4 Å². The predicted octanol–water partition coefficient (Wildman–Crippen LogP) is 4.39. The molecule has 2 N–H and O–H groups in total. The monoisotopic (exact) mass is 741 g/mol. The number of aryl methyl sites for hydroxylation is 2. The van der Waals surface area contributed by atoms with E-state index in [2.05, 4.69) is 27.1 Å². The fourth-order valence-electron chi connectivity index (χ4n) is 7.82. The highest BCUT2D eigenvalue weighted by Crippen LogP contribution is 2.39. The van der Waals surface area contributed by atoms with E-state index in [1.54, 1.807) is 6.07 Å². The third-order valence-electron chi connectivity index (χ3n) is 10.5. The summed E-state index contributed by atoms with van der Waals surface area (Å²) in [6, 6.07) is 7.74. The zero-order valence-electron chi connectivity index (χ0n) is 30.7. The van der Waals surface area contributed by atoms with Gasteiger partial charge in [-0.3, -0.25) is 19.4 Å². The third-order valence-corrected chi connectivity index (χ3v) is 10.5. The molecule has 1 atom stereocenters. The number of fused-ring (bicyclic) bond motifs is 3. The van der Waals surface area contributed by atoms with Gasteiger partial charge < -0.3 is 29.7 Å². The fourth-order valence-corrected chi connectivity index (χ4v) is 7.82. The van der Waals surface area contributed by atoms with Crippen LogP contribution in [-0.2, 0) is 24.2 Å². The highest BCUT2D eigenvalue weighted by molar-refractivity contribution is 6.02. The Morgan fingerprint density at radius 2 is 1.87 bits per heavy atom. The summed E-state index contributed by atoms with van der Waals surface area (Å²) in [6.45, 7) is 12.4. The standard InChI is InChI=1S/C39H45F2N9O4/c1-3-28-31(40)6-5-25-17-27(51)19-29(33(25)28)35-34(41)36-30(20-43-35)37(45-39(44-36)54-23-24(2)21-47-13-15-53-16-14-47)49-9-4-10-50-26(22-49)18-32(46-50)38(52)48-11-7-42-8-12-48/h5-6,17-20,24,42,51H,3-4,7-16,21-23H2,1-2H3/t24-/m1/s1. The minimum Gasteiger partial charge on any atom is -0.508 e. The summed E-state index contributed by atoms with van der Waals surface area (Å²) >= 11 is 0. The van der Waals surface area contributed by atoms with Crippen LogP contribution in [0.15, 0.2) is 36.5 Å². The molecule has 0 saturated carbocycles. The van der Waals surface area contributed by atoms with Crippen molar-refractivity contribution in [2.24, 2.45) is 5.92 Å². The molecule has 15 heteroatoms. The number of benzene rings is 2. The number of carbonyl (C=O) groups excluding carboxylic acids is 1. The lowest BCUT2D eigenvalue weighted by Gasteiger charge is -2.29. The predicted molar refractivity (Wildman–Crippen MR) is 200 cm³/mol. The maximum Gasteiger partial charge on any atom is 0.319 e. The zero-order valence-corrected chi connectivity index (χ0v) is 30.7. The van der Waals surface area contributed by atoms with E-state index < -0.39 is 11.6 Å². The molecule has 0 bridgehead atoms. The number of hydrogen-bond donors (Lipinski definition) is 2. The minimum absolute atomic E-state index is 0.000828. The van der Waals surface area contributed by atoms with Crippen LogP contribution in [0.4, 0.5) is 14.6 Å². The number of phenols is 1. The molecule has 3 aromatic heterocycles. The summed E-state index contributed by atoms with van der Waals surface area (Å²) < 4.78 is 45.8. The SMILES string of the molecule is CCc1c(F)ccc2cc(O)cc(-c3ncc4c(N5CCCn6nc(C(=O)N7CCNCC7)cc6C5)nc(OC[C@H](C)CN5CCOCC5)nc4c3F)c12. The Balaban J connectivity index is 1.19. The van der Waals surface area contributed by atoms with E-state index in [0.717, 1.165) is 38.4 Å².